The van der Waals surface area contributed by atoms with Crippen LogP contribution in [-0.4, -0.2) is 23.4 Å². The van der Waals surface area contributed by atoms with E-state index in [1.165, 1.54) is 25.3 Å². The molecular weight excluding hydrogens is 398 g/mol. The highest BCUT2D eigenvalue weighted by molar-refractivity contribution is 7.98. The molecule has 0 bridgehead atoms. The molecule has 0 fully saturated rings. The maximum Gasteiger partial charge on any atom is 0.344 e. The van der Waals surface area contributed by atoms with Gasteiger partial charge in [0, 0.05) is 5.69 Å². The lowest BCUT2D eigenvalue weighted by molar-refractivity contribution is 0.0519. The molecule has 3 aromatic rings. The number of pyridine rings is 1. The Bertz CT molecular complexity index is 1140. The van der Waals surface area contributed by atoms with Crippen molar-refractivity contribution < 1.29 is 27.1 Å². The quantitative estimate of drug-likeness (QED) is 0.276. The van der Waals surface area contributed by atoms with Crippen LogP contribution in [0.5, 0.6) is 0 Å². The van der Waals surface area contributed by atoms with Crippen molar-refractivity contribution in [2.24, 2.45) is 0 Å². The predicted octanol–water partition coefficient (Wildman–Crippen LogP) is 4.45. The second-order valence-corrected chi connectivity index (χ2v) is 6.42. The van der Waals surface area contributed by atoms with Gasteiger partial charge < -0.3 is 9.30 Å². The highest BCUT2D eigenvalue weighted by atomic mass is 32.2. The fourth-order valence-electron chi connectivity index (χ4n) is 2.84. The number of carbonyl (C=O) groups is 1. The van der Waals surface area contributed by atoms with Gasteiger partial charge in [-0.25, -0.2) is 22.4 Å². The first-order valence-corrected chi connectivity index (χ1v) is 9.27. The van der Waals surface area contributed by atoms with Crippen LogP contribution >= 0.6 is 11.8 Å². The van der Waals surface area contributed by atoms with Gasteiger partial charge in [0.15, 0.2) is 17.5 Å². The second-order valence-electron chi connectivity index (χ2n) is 5.63. The molecule has 0 saturated heterocycles. The molecule has 0 aliphatic heterocycles. The minimum atomic E-state index is -1.77. The Morgan fingerprint density at radius 2 is 1.75 bits per heavy atom. The average Bonchev–Trinajstić information content (AvgIpc) is 2.67. The molecule has 0 N–H and O–H groups in total. The van der Waals surface area contributed by atoms with Gasteiger partial charge in [-0.2, -0.15) is 0 Å². The second kappa shape index (κ2) is 7.67. The van der Waals surface area contributed by atoms with E-state index in [-0.39, 0.29) is 17.3 Å². The van der Waals surface area contributed by atoms with Crippen LogP contribution in [0, 0.1) is 23.3 Å². The molecule has 0 spiro atoms. The zero-order valence-corrected chi connectivity index (χ0v) is 15.5. The van der Waals surface area contributed by atoms with Crippen molar-refractivity contribution in [3.8, 4) is 5.69 Å². The number of rotatable bonds is 4. The van der Waals surface area contributed by atoms with E-state index in [1.807, 2.05) is 0 Å². The molecule has 0 atom stereocenters. The number of hydrogen-bond donors (Lipinski definition) is 0. The summed E-state index contributed by atoms with van der Waals surface area (Å²) in [6.45, 7) is 1.50. The van der Waals surface area contributed by atoms with Crippen LogP contribution in [0.2, 0.25) is 0 Å². The van der Waals surface area contributed by atoms with Crippen molar-refractivity contribution in [1.29, 1.82) is 0 Å². The standard InChI is InChI=1S/C19H13F4NO3S/c1-3-27-19(26)13-17(25)11-8-12(21)14(22)15(23)16(11)24(18(13)28-2)10-6-4-9(20)5-7-10/h4-8H,3H2,1-2H3. The van der Waals surface area contributed by atoms with Crippen molar-refractivity contribution in [1.82, 2.24) is 4.57 Å². The minimum absolute atomic E-state index is 0.0349. The molecule has 28 heavy (non-hydrogen) atoms. The van der Waals surface area contributed by atoms with E-state index in [2.05, 4.69) is 0 Å². The Balaban J connectivity index is 2.58. The van der Waals surface area contributed by atoms with E-state index in [1.54, 1.807) is 0 Å². The summed E-state index contributed by atoms with van der Waals surface area (Å²) in [5, 5.41) is -0.589. The maximum absolute atomic E-state index is 14.7. The molecule has 2 aromatic carbocycles. The summed E-state index contributed by atoms with van der Waals surface area (Å²) in [6.07, 6.45) is 1.52. The SMILES string of the molecule is CCOC(=O)c1c(SC)n(-c2ccc(F)cc2)c2c(F)c(F)c(F)cc2c1=O. The first-order valence-electron chi connectivity index (χ1n) is 8.05. The summed E-state index contributed by atoms with van der Waals surface area (Å²) in [7, 11) is 0. The first kappa shape index (κ1) is 19.9. The van der Waals surface area contributed by atoms with Crippen LogP contribution in [0.1, 0.15) is 17.3 Å². The lowest BCUT2D eigenvalue weighted by atomic mass is 10.1. The molecule has 0 aliphatic rings. The van der Waals surface area contributed by atoms with Gasteiger partial charge >= 0.3 is 5.97 Å². The van der Waals surface area contributed by atoms with E-state index in [0.29, 0.717) is 6.07 Å². The topological polar surface area (TPSA) is 48.3 Å². The van der Waals surface area contributed by atoms with E-state index in [0.717, 1.165) is 28.5 Å². The number of nitrogens with zero attached hydrogens (tertiary/aromatic N) is 1. The zero-order valence-electron chi connectivity index (χ0n) is 14.7. The Kier molecular flexibility index (Phi) is 5.46. The Labute approximate surface area is 160 Å². The molecule has 0 saturated carbocycles. The van der Waals surface area contributed by atoms with Crippen molar-refractivity contribution in [3.05, 3.63) is 69.4 Å². The number of hydrogen-bond acceptors (Lipinski definition) is 4. The first-order chi connectivity index (χ1) is 13.3. The van der Waals surface area contributed by atoms with Gasteiger partial charge in [0.25, 0.3) is 0 Å². The van der Waals surface area contributed by atoms with Gasteiger partial charge in [0.1, 0.15) is 11.4 Å². The molecule has 0 unspecified atom stereocenters. The number of halogens is 4. The van der Waals surface area contributed by atoms with Gasteiger partial charge in [-0.15, -0.1) is 11.8 Å². The van der Waals surface area contributed by atoms with E-state index < -0.39 is 51.1 Å². The number of carbonyl (C=O) groups excluding carboxylic acids is 1. The molecule has 0 radical (unpaired) electrons. The number of esters is 1. The maximum atomic E-state index is 14.7. The smallest absolute Gasteiger partial charge is 0.344 e. The summed E-state index contributed by atoms with van der Waals surface area (Å²) in [4.78, 5) is 25.2. The van der Waals surface area contributed by atoms with Gasteiger partial charge in [-0.1, -0.05) is 0 Å². The van der Waals surface area contributed by atoms with Crippen molar-refractivity contribution in [3.63, 3.8) is 0 Å². The molecule has 0 aliphatic carbocycles. The van der Waals surface area contributed by atoms with E-state index >= 15 is 0 Å². The van der Waals surface area contributed by atoms with Crippen LogP contribution in [-0.2, 0) is 4.74 Å². The molecule has 1 aromatic heterocycles. The number of thioether (sulfide) groups is 1. The van der Waals surface area contributed by atoms with Crippen molar-refractivity contribution in [2.75, 3.05) is 12.9 Å². The third kappa shape index (κ3) is 3.15. The van der Waals surface area contributed by atoms with Gasteiger partial charge in [0.05, 0.1) is 22.5 Å². The predicted molar refractivity (Wildman–Crippen MR) is 97.1 cm³/mol. The summed E-state index contributed by atoms with van der Waals surface area (Å²) in [6, 6.07) is 5.20. The van der Waals surface area contributed by atoms with Crippen molar-refractivity contribution >= 4 is 28.6 Å². The third-order valence-corrected chi connectivity index (χ3v) is 4.78. The van der Waals surface area contributed by atoms with Gasteiger partial charge in [-0.3, -0.25) is 4.79 Å². The fraction of sp³-hybridized carbons (Fsp3) is 0.158. The molecule has 1 heterocycles. The number of aromatic nitrogens is 1. The lowest BCUT2D eigenvalue weighted by Crippen LogP contribution is -2.24. The summed E-state index contributed by atoms with van der Waals surface area (Å²) in [5.74, 6) is -6.50. The molecule has 146 valence electrons. The van der Waals surface area contributed by atoms with Crippen LogP contribution in [0.4, 0.5) is 17.6 Å². The third-order valence-electron chi connectivity index (χ3n) is 4.01. The average molecular weight is 411 g/mol. The van der Waals surface area contributed by atoms with Crippen molar-refractivity contribution in [2.45, 2.75) is 11.9 Å². The van der Waals surface area contributed by atoms with Crippen LogP contribution in [0.3, 0.4) is 0 Å². The highest BCUT2D eigenvalue weighted by Gasteiger charge is 2.28. The monoisotopic (exact) mass is 411 g/mol. The molecule has 4 nitrogen and oxygen atoms in total. The molecule has 3 rings (SSSR count). The normalized spacial score (nSPS) is 11.1. The number of benzene rings is 2. The Morgan fingerprint density at radius 1 is 1.11 bits per heavy atom. The lowest BCUT2D eigenvalue weighted by Gasteiger charge is -2.19. The van der Waals surface area contributed by atoms with Gasteiger partial charge in [0.2, 0.25) is 5.43 Å². The summed E-state index contributed by atoms with van der Waals surface area (Å²) in [5.41, 5.74) is -1.86. The molecule has 9 heteroatoms. The number of ether oxygens (including phenoxy) is 1. The van der Waals surface area contributed by atoms with Crippen LogP contribution < -0.4 is 5.43 Å². The van der Waals surface area contributed by atoms with Gasteiger partial charge in [-0.05, 0) is 43.5 Å². The fourth-order valence-corrected chi connectivity index (χ4v) is 3.59. The molecular formula is C19H13F4NO3S. The molecule has 0 amide bonds. The largest absolute Gasteiger partial charge is 0.462 e. The summed E-state index contributed by atoms with van der Waals surface area (Å²) < 4.78 is 61.8. The van der Waals surface area contributed by atoms with Crippen LogP contribution in [0.25, 0.3) is 16.6 Å². The summed E-state index contributed by atoms with van der Waals surface area (Å²) >= 11 is 0.909. The zero-order chi connectivity index (χ0) is 20.6. The highest BCUT2D eigenvalue weighted by Crippen LogP contribution is 2.31. The minimum Gasteiger partial charge on any atom is -0.462 e. The Morgan fingerprint density at radius 3 is 2.32 bits per heavy atom. The van der Waals surface area contributed by atoms with E-state index in [4.69, 9.17) is 4.74 Å². The van der Waals surface area contributed by atoms with Crippen LogP contribution in [0.15, 0.2) is 40.2 Å². The number of fused-ring (bicyclic) bond motifs is 1. The van der Waals surface area contributed by atoms with E-state index in [9.17, 15) is 27.2 Å². The Hall–Kier alpha value is -2.81.